The van der Waals surface area contributed by atoms with Gasteiger partial charge in [0.15, 0.2) is 0 Å². The molecule has 0 radical (unpaired) electrons. The Bertz CT molecular complexity index is 831. The molecule has 2 aromatic carbocycles. The Balaban J connectivity index is 1.70. The van der Waals surface area contributed by atoms with Crippen LogP contribution in [0.3, 0.4) is 0 Å². The number of anilines is 1. The van der Waals surface area contributed by atoms with Crippen LogP contribution in [0.25, 0.3) is 0 Å². The van der Waals surface area contributed by atoms with Gasteiger partial charge in [0.2, 0.25) is 0 Å². The van der Waals surface area contributed by atoms with Crippen LogP contribution in [0.2, 0.25) is 10.0 Å². The van der Waals surface area contributed by atoms with Crippen LogP contribution in [0.15, 0.2) is 60.9 Å². The summed E-state index contributed by atoms with van der Waals surface area (Å²) in [7, 11) is 0. The molecule has 0 saturated heterocycles. The van der Waals surface area contributed by atoms with E-state index < -0.39 is 0 Å². The predicted octanol–water partition coefficient (Wildman–Crippen LogP) is 4.49. The summed E-state index contributed by atoms with van der Waals surface area (Å²) in [6, 6.07) is 14.7. The van der Waals surface area contributed by atoms with E-state index in [9.17, 15) is 4.79 Å². The first-order valence-corrected chi connectivity index (χ1v) is 7.70. The fourth-order valence-corrected chi connectivity index (χ4v) is 2.65. The first kappa shape index (κ1) is 15.6. The number of benzene rings is 2. The highest BCUT2D eigenvalue weighted by Crippen LogP contribution is 2.22. The van der Waals surface area contributed by atoms with Crippen molar-refractivity contribution in [2.24, 2.45) is 0 Å². The van der Waals surface area contributed by atoms with Crippen LogP contribution >= 0.6 is 23.2 Å². The van der Waals surface area contributed by atoms with E-state index >= 15 is 0 Å². The van der Waals surface area contributed by atoms with Crippen molar-refractivity contribution in [3.05, 3.63) is 82.1 Å². The van der Waals surface area contributed by atoms with Crippen LogP contribution in [0.5, 0.6) is 0 Å². The molecule has 0 aliphatic rings. The third kappa shape index (κ3) is 3.92. The lowest BCUT2D eigenvalue weighted by molar-refractivity contribution is 0.102. The van der Waals surface area contributed by atoms with Crippen molar-refractivity contribution in [1.29, 1.82) is 0 Å². The smallest absolute Gasteiger partial charge is 0.257 e. The maximum atomic E-state index is 12.2. The standard InChI is InChI=1S/C17H13Cl2N3O/c18-13-6-7-15(16(19)8-13)17(23)21-14-9-20-22(11-14)10-12-4-2-1-3-5-12/h1-9,11H,10H2,(H,21,23). The summed E-state index contributed by atoms with van der Waals surface area (Å²) in [6.07, 6.45) is 3.37. The summed E-state index contributed by atoms with van der Waals surface area (Å²) in [4.78, 5) is 12.2. The maximum absolute atomic E-state index is 12.2. The average Bonchev–Trinajstić information content (AvgIpc) is 2.95. The lowest BCUT2D eigenvalue weighted by Crippen LogP contribution is -2.12. The number of nitrogens with one attached hydrogen (secondary N) is 1. The minimum atomic E-state index is -0.300. The molecule has 0 aliphatic carbocycles. The van der Waals surface area contributed by atoms with E-state index in [1.807, 2.05) is 30.3 Å². The molecule has 23 heavy (non-hydrogen) atoms. The highest BCUT2D eigenvalue weighted by molar-refractivity contribution is 6.37. The monoisotopic (exact) mass is 345 g/mol. The van der Waals surface area contributed by atoms with Gasteiger partial charge in [-0.15, -0.1) is 0 Å². The van der Waals surface area contributed by atoms with Crippen molar-refractivity contribution in [1.82, 2.24) is 9.78 Å². The third-order valence-corrected chi connectivity index (χ3v) is 3.80. The van der Waals surface area contributed by atoms with Crippen LogP contribution in [0.4, 0.5) is 5.69 Å². The van der Waals surface area contributed by atoms with Gasteiger partial charge in [0.05, 0.1) is 29.0 Å². The van der Waals surface area contributed by atoms with Gasteiger partial charge in [-0.2, -0.15) is 5.10 Å². The highest BCUT2D eigenvalue weighted by atomic mass is 35.5. The number of nitrogens with zero attached hydrogens (tertiary/aromatic N) is 2. The van der Waals surface area contributed by atoms with Crippen LogP contribution in [-0.2, 0) is 6.54 Å². The summed E-state index contributed by atoms with van der Waals surface area (Å²) in [6.45, 7) is 0.637. The normalized spacial score (nSPS) is 10.5. The SMILES string of the molecule is O=C(Nc1cnn(Cc2ccccc2)c1)c1ccc(Cl)cc1Cl. The van der Waals surface area contributed by atoms with E-state index in [-0.39, 0.29) is 5.91 Å². The second-order valence-electron chi connectivity index (χ2n) is 4.99. The number of aromatic nitrogens is 2. The molecule has 0 atom stereocenters. The molecule has 3 rings (SSSR count). The highest BCUT2D eigenvalue weighted by Gasteiger charge is 2.12. The fourth-order valence-electron chi connectivity index (χ4n) is 2.16. The first-order valence-electron chi connectivity index (χ1n) is 6.94. The number of hydrogen-bond donors (Lipinski definition) is 1. The molecule has 0 spiro atoms. The zero-order valence-electron chi connectivity index (χ0n) is 12.0. The molecule has 1 aromatic heterocycles. The largest absolute Gasteiger partial charge is 0.319 e. The van der Waals surface area contributed by atoms with Crippen LogP contribution in [0.1, 0.15) is 15.9 Å². The molecule has 4 nitrogen and oxygen atoms in total. The quantitative estimate of drug-likeness (QED) is 0.757. The van der Waals surface area contributed by atoms with Gasteiger partial charge in [-0.1, -0.05) is 53.5 Å². The summed E-state index contributed by atoms with van der Waals surface area (Å²) in [5.41, 5.74) is 2.11. The molecule has 6 heteroatoms. The molecule has 0 aliphatic heterocycles. The van der Waals surface area contributed by atoms with Gasteiger partial charge in [0, 0.05) is 11.2 Å². The molecule has 0 fully saturated rings. The van der Waals surface area contributed by atoms with Gasteiger partial charge in [-0.25, -0.2) is 0 Å². The Labute approximate surface area is 143 Å². The van der Waals surface area contributed by atoms with E-state index in [1.54, 1.807) is 29.2 Å². The Morgan fingerprint density at radius 2 is 1.91 bits per heavy atom. The zero-order chi connectivity index (χ0) is 16.2. The topological polar surface area (TPSA) is 46.9 Å². The van der Waals surface area contributed by atoms with E-state index in [0.29, 0.717) is 27.8 Å². The molecular weight excluding hydrogens is 333 g/mol. The van der Waals surface area contributed by atoms with Crippen LogP contribution in [0, 0.1) is 0 Å². The lowest BCUT2D eigenvalue weighted by atomic mass is 10.2. The Morgan fingerprint density at radius 1 is 1.13 bits per heavy atom. The summed E-state index contributed by atoms with van der Waals surface area (Å²) in [5.74, 6) is -0.300. The predicted molar refractivity (Wildman–Crippen MR) is 92.2 cm³/mol. The summed E-state index contributed by atoms with van der Waals surface area (Å²) in [5, 5.41) is 7.82. The maximum Gasteiger partial charge on any atom is 0.257 e. The number of hydrogen-bond acceptors (Lipinski definition) is 2. The van der Waals surface area contributed by atoms with Crippen LogP contribution in [-0.4, -0.2) is 15.7 Å². The van der Waals surface area contributed by atoms with Crippen molar-refractivity contribution in [2.75, 3.05) is 5.32 Å². The molecule has 3 aromatic rings. The molecule has 1 amide bonds. The van der Waals surface area contributed by atoms with Gasteiger partial charge >= 0.3 is 0 Å². The third-order valence-electron chi connectivity index (χ3n) is 3.25. The van der Waals surface area contributed by atoms with E-state index in [1.165, 1.54) is 6.07 Å². The van der Waals surface area contributed by atoms with Crippen LogP contribution < -0.4 is 5.32 Å². The first-order chi connectivity index (χ1) is 11.1. The minimum absolute atomic E-state index is 0.300. The van der Waals surface area contributed by atoms with Crippen molar-refractivity contribution in [3.8, 4) is 0 Å². The molecule has 1 heterocycles. The average molecular weight is 346 g/mol. The van der Waals surface area contributed by atoms with E-state index in [4.69, 9.17) is 23.2 Å². The second-order valence-corrected chi connectivity index (χ2v) is 5.83. The number of carbonyl (C=O) groups excluding carboxylic acids is 1. The molecular formula is C17H13Cl2N3O. The molecule has 0 saturated carbocycles. The van der Waals surface area contributed by atoms with Gasteiger partial charge in [0.25, 0.3) is 5.91 Å². The Kier molecular flexibility index (Phi) is 4.65. The van der Waals surface area contributed by atoms with Crippen molar-refractivity contribution >= 4 is 34.8 Å². The minimum Gasteiger partial charge on any atom is -0.319 e. The number of halogens is 2. The fraction of sp³-hybridized carbons (Fsp3) is 0.0588. The van der Waals surface area contributed by atoms with Gasteiger partial charge in [0.1, 0.15) is 0 Å². The molecule has 0 bridgehead atoms. The van der Waals surface area contributed by atoms with Crippen molar-refractivity contribution in [2.45, 2.75) is 6.54 Å². The van der Waals surface area contributed by atoms with Gasteiger partial charge in [-0.3, -0.25) is 9.48 Å². The summed E-state index contributed by atoms with van der Waals surface area (Å²) < 4.78 is 1.76. The molecule has 0 unspecified atom stereocenters. The van der Waals surface area contributed by atoms with E-state index in [2.05, 4.69) is 10.4 Å². The zero-order valence-corrected chi connectivity index (χ0v) is 13.6. The second kappa shape index (κ2) is 6.86. The van der Waals surface area contributed by atoms with E-state index in [0.717, 1.165) is 5.56 Å². The van der Waals surface area contributed by atoms with Gasteiger partial charge in [-0.05, 0) is 23.8 Å². The number of rotatable bonds is 4. The van der Waals surface area contributed by atoms with Crippen molar-refractivity contribution < 1.29 is 4.79 Å². The van der Waals surface area contributed by atoms with Crippen molar-refractivity contribution in [3.63, 3.8) is 0 Å². The summed E-state index contributed by atoms with van der Waals surface area (Å²) >= 11 is 11.9. The number of carbonyl (C=O) groups is 1. The Hall–Kier alpha value is -2.30. The van der Waals surface area contributed by atoms with Gasteiger partial charge < -0.3 is 5.32 Å². The Morgan fingerprint density at radius 3 is 2.65 bits per heavy atom. The molecule has 1 N–H and O–H groups in total. The number of amides is 1. The lowest BCUT2D eigenvalue weighted by Gasteiger charge is -2.05. The molecule has 116 valence electrons.